The van der Waals surface area contributed by atoms with E-state index in [4.69, 9.17) is 9.47 Å². The number of hydrogen-bond acceptors (Lipinski definition) is 7. The summed E-state index contributed by atoms with van der Waals surface area (Å²) in [6.45, 7) is 5.56. The standard InChI is InChI=1S/C26H31N5O3S/c1-19-3-7-22(8-4-19)31-25(29-13-15-34-16-14-29)27-28-26(31)35-18-24(32)30(21-9-10-21)17-20-5-11-23(33-2)12-6-20/h3-8,11-12,21H,9-10,13-18H2,1-2H3. The number of hydrogen-bond donors (Lipinski definition) is 0. The third-order valence-corrected chi connectivity index (χ3v) is 7.26. The molecule has 0 N–H and O–H groups in total. The maximum Gasteiger partial charge on any atom is 0.233 e. The molecule has 9 heteroatoms. The number of aromatic nitrogens is 3. The summed E-state index contributed by atoms with van der Waals surface area (Å²) < 4.78 is 12.8. The van der Waals surface area contributed by atoms with Crippen LogP contribution in [0.25, 0.3) is 5.69 Å². The molecule has 3 aromatic rings. The van der Waals surface area contributed by atoms with Crippen molar-refractivity contribution in [3.63, 3.8) is 0 Å². The van der Waals surface area contributed by atoms with Gasteiger partial charge >= 0.3 is 0 Å². The Hall–Kier alpha value is -3.04. The number of methoxy groups -OCH3 is 1. The fourth-order valence-electron chi connectivity index (χ4n) is 4.19. The van der Waals surface area contributed by atoms with Gasteiger partial charge in [0.1, 0.15) is 5.75 Å². The van der Waals surface area contributed by atoms with Gasteiger partial charge in [0.25, 0.3) is 0 Å². The number of morpholine rings is 1. The highest BCUT2D eigenvalue weighted by Crippen LogP contribution is 2.31. The van der Waals surface area contributed by atoms with Crippen molar-refractivity contribution in [3.05, 3.63) is 59.7 Å². The highest BCUT2D eigenvalue weighted by Gasteiger charge is 2.33. The maximum absolute atomic E-state index is 13.3. The molecule has 0 radical (unpaired) electrons. The summed E-state index contributed by atoms with van der Waals surface area (Å²) in [5.74, 6) is 2.06. The monoisotopic (exact) mass is 493 g/mol. The molecular formula is C26H31N5O3S. The molecule has 2 fully saturated rings. The van der Waals surface area contributed by atoms with E-state index < -0.39 is 0 Å². The van der Waals surface area contributed by atoms with E-state index in [0.717, 1.165) is 54.0 Å². The molecule has 1 saturated heterocycles. The predicted octanol–water partition coefficient (Wildman–Crippen LogP) is 3.70. The van der Waals surface area contributed by atoms with Gasteiger partial charge in [0.2, 0.25) is 11.9 Å². The topological polar surface area (TPSA) is 72.7 Å². The molecule has 1 amide bonds. The lowest BCUT2D eigenvalue weighted by atomic mass is 10.2. The summed E-state index contributed by atoms with van der Waals surface area (Å²) in [5, 5.41) is 9.74. The van der Waals surface area contributed by atoms with Crippen LogP contribution in [-0.2, 0) is 16.1 Å². The minimum atomic E-state index is 0.125. The molecule has 2 aliphatic rings. The normalized spacial score (nSPS) is 15.8. The van der Waals surface area contributed by atoms with Crippen LogP contribution < -0.4 is 9.64 Å². The van der Waals surface area contributed by atoms with Crippen LogP contribution in [0.15, 0.2) is 53.7 Å². The zero-order chi connectivity index (χ0) is 24.2. The molecule has 0 atom stereocenters. The zero-order valence-corrected chi connectivity index (χ0v) is 21.0. The molecule has 0 spiro atoms. The minimum absolute atomic E-state index is 0.125. The highest BCUT2D eigenvalue weighted by atomic mass is 32.2. The van der Waals surface area contributed by atoms with Crippen LogP contribution in [0.4, 0.5) is 5.95 Å². The number of nitrogens with zero attached hydrogens (tertiary/aromatic N) is 5. The number of aryl methyl sites for hydroxylation is 1. The lowest BCUT2D eigenvalue weighted by Gasteiger charge is -2.28. The van der Waals surface area contributed by atoms with Gasteiger partial charge in [0, 0.05) is 25.7 Å². The molecule has 2 heterocycles. The van der Waals surface area contributed by atoms with Gasteiger partial charge in [-0.3, -0.25) is 9.36 Å². The predicted molar refractivity (Wildman–Crippen MR) is 136 cm³/mol. The Balaban J connectivity index is 1.33. The highest BCUT2D eigenvalue weighted by molar-refractivity contribution is 7.99. The molecule has 0 unspecified atom stereocenters. The fourth-order valence-corrected chi connectivity index (χ4v) is 5.02. The third-order valence-electron chi connectivity index (χ3n) is 6.35. The summed E-state index contributed by atoms with van der Waals surface area (Å²) in [5.41, 5.74) is 3.29. The first-order valence-electron chi connectivity index (χ1n) is 12.0. The zero-order valence-electron chi connectivity index (χ0n) is 20.2. The quantitative estimate of drug-likeness (QED) is 0.421. The van der Waals surface area contributed by atoms with Crippen LogP contribution in [-0.4, -0.2) is 70.8 Å². The first-order chi connectivity index (χ1) is 17.1. The van der Waals surface area contributed by atoms with Gasteiger partial charge in [-0.2, -0.15) is 0 Å². The van der Waals surface area contributed by atoms with Crippen molar-refractivity contribution < 1.29 is 14.3 Å². The molecule has 2 aromatic carbocycles. The Bertz CT molecular complexity index is 1140. The van der Waals surface area contributed by atoms with Crippen molar-refractivity contribution in [2.24, 2.45) is 0 Å². The summed E-state index contributed by atoms with van der Waals surface area (Å²) in [6.07, 6.45) is 2.13. The van der Waals surface area contributed by atoms with Crippen molar-refractivity contribution in [3.8, 4) is 11.4 Å². The van der Waals surface area contributed by atoms with Crippen LogP contribution in [0, 0.1) is 6.92 Å². The molecule has 1 aliphatic heterocycles. The second-order valence-electron chi connectivity index (χ2n) is 8.94. The lowest BCUT2D eigenvalue weighted by Crippen LogP contribution is -2.38. The van der Waals surface area contributed by atoms with Crippen LogP contribution in [0.2, 0.25) is 0 Å². The Morgan fingerprint density at radius 1 is 1.09 bits per heavy atom. The Morgan fingerprint density at radius 3 is 2.46 bits per heavy atom. The molecule has 1 aliphatic carbocycles. The number of amides is 1. The first kappa shape index (κ1) is 23.7. The number of rotatable bonds is 9. The Kier molecular flexibility index (Phi) is 7.24. The van der Waals surface area contributed by atoms with Crippen LogP contribution in [0.1, 0.15) is 24.0 Å². The van der Waals surface area contributed by atoms with Crippen molar-refractivity contribution in [1.29, 1.82) is 0 Å². The summed E-state index contributed by atoms with van der Waals surface area (Å²) in [6, 6.07) is 16.6. The largest absolute Gasteiger partial charge is 0.497 e. The van der Waals surface area contributed by atoms with Crippen molar-refractivity contribution in [1.82, 2.24) is 19.7 Å². The van der Waals surface area contributed by atoms with Gasteiger partial charge in [0.15, 0.2) is 5.16 Å². The minimum Gasteiger partial charge on any atom is -0.497 e. The summed E-state index contributed by atoms with van der Waals surface area (Å²) in [4.78, 5) is 17.5. The van der Waals surface area contributed by atoms with Crippen LogP contribution in [0.3, 0.4) is 0 Å². The van der Waals surface area contributed by atoms with E-state index in [1.165, 1.54) is 17.3 Å². The van der Waals surface area contributed by atoms with Crippen molar-refractivity contribution in [2.45, 2.75) is 37.5 Å². The van der Waals surface area contributed by atoms with Crippen LogP contribution in [0.5, 0.6) is 5.75 Å². The number of carbonyl (C=O) groups is 1. The van der Waals surface area contributed by atoms with Gasteiger partial charge in [0.05, 0.1) is 31.8 Å². The van der Waals surface area contributed by atoms with Gasteiger partial charge in [-0.25, -0.2) is 0 Å². The summed E-state index contributed by atoms with van der Waals surface area (Å²) >= 11 is 1.45. The van der Waals surface area contributed by atoms with E-state index in [0.29, 0.717) is 31.6 Å². The van der Waals surface area contributed by atoms with Gasteiger partial charge in [-0.05, 0) is 49.6 Å². The second kappa shape index (κ2) is 10.7. The fraction of sp³-hybridized carbons (Fsp3) is 0.423. The Morgan fingerprint density at radius 2 is 1.80 bits per heavy atom. The molecular weight excluding hydrogens is 462 g/mol. The molecule has 0 bridgehead atoms. The second-order valence-corrected chi connectivity index (χ2v) is 9.89. The van der Waals surface area contributed by atoms with E-state index in [2.05, 4.69) is 50.9 Å². The van der Waals surface area contributed by atoms with Crippen molar-refractivity contribution in [2.75, 3.05) is 44.1 Å². The number of benzene rings is 2. The molecule has 1 aromatic heterocycles. The van der Waals surface area contributed by atoms with Crippen molar-refractivity contribution >= 4 is 23.6 Å². The molecule has 35 heavy (non-hydrogen) atoms. The average molecular weight is 494 g/mol. The molecule has 184 valence electrons. The van der Waals surface area contributed by atoms with E-state index in [1.807, 2.05) is 29.2 Å². The van der Waals surface area contributed by atoms with Gasteiger partial charge in [-0.15, -0.1) is 10.2 Å². The van der Waals surface area contributed by atoms with Crippen LogP contribution >= 0.6 is 11.8 Å². The van der Waals surface area contributed by atoms with E-state index in [-0.39, 0.29) is 5.91 Å². The summed E-state index contributed by atoms with van der Waals surface area (Å²) in [7, 11) is 1.66. The SMILES string of the molecule is COc1ccc(CN(C(=O)CSc2nnc(N3CCOCC3)n2-c2ccc(C)cc2)C2CC2)cc1. The van der Waals surface area contributed by atoms with Gasteiger partial charge < -0.3 is 19.3 Å². The number of ether oxygens (including phenoxy) is 2. The van der Waals surface area contributed by atoms with E-state index in [1.54, 1.807) is 7.11 Å². The number of carbonyl (C=O) groups excluding carboxylic acids is 1. The number of anilines is 1. The number of thioether (sulfide) groups is 1. The first-order valence-corrected chi connectivity index (χ1v) is 13.0. The smallest absolute Gasteiger partial charge is 0.233 e. The average Bonchev–Trinajstić information content (AvgIpc) is 3.65. The molecule has 8 nitrogen and oxygen atoms in total. The molecule has 5 rings (SSSR count). The van der Waals surface area contributed by atoms with E-state index >= 15 is 0 Å². The molecule has 1 saturated carbocycles. The van der Waals surface area contributed by atoms with Gasteiger partial charge in [-0.1, -0.05) is 41.6 Å². The Labute approximate surface area is 210 Å². The third kappa shape index (κ3) is 5.62. The lowest BCUT2D eigenvalue weighted by molar-refractivity contribution is -0.129. The maximum atomic E-state index is 13.3. The van der Waals surface area contributed by atoms with E-state index in [9.17, 15) is 4.79 Å².